The van der Waals surface area contributed by atoms with Gasteiger partial charge < -0.3 is 10.2 Å². The molecule has 1 heterocycles. The molecule has 4 heteroatoms. The van der Waals surface area contributed by atoms with Gasteiger partial charge in [0.25, 0.3) is 0 Å². The van der Waals surface area contributed by atoms with Crippen molar-refractivity contribution in [2.24, 2.45) is 4.99 Å². The van der Waals surface area contributed by atoms with E-state index in [1.165, 1.54) is 11.3 Å². The zero-order valence-electron chi connectivity index (χ0n) is 12.3. The lowest BCUT2D eigenvalue weighted by Gasteiger charge is -2.14. The summed E-state index contributed by atoms with van der Waals surface area (Å²) in [6.07, 6.45) is 0. The second kappa shape index (κ2) is 6.22. The van der Waals surface area contributed by atoms with Gasteiger partial charge in [-0.1, -0.05) is 48.2 Å². The third kappa shape index (κ3) is 3.39. The topological polar surface area (TPSA) is 27.6 Å². The second-order valence-corrected chi connectivity index (χ2v) is 6.42. The van der Waals surface area contributed by atoms with E-state index in [1.807, 2.05) is 14.1 Å². The van der Waals surface area contributed by atoms with Crippen LogP contribution in [0, 0.1) is 0 Å². The Hall–Kier alpha value is -1.94. The average molecular weight is 297 g/mol. The third-order valence-corrected chi connectivity index (χ3v) is 4.60. The number of nitrogens with one attached hydrogen (secondary N) is 1. The third-order valence-electron chi connectivity index (χ3n) is 3.44. The number of nitrogens with zero attached hydrogens (tertiary/aromatic N) is 2. The van der Waals surface area contributed by atoms with Crippen molar-refractivity contribution < 1.29 is 0 Å². The molecule has 0 aliphatic carbocycles. The minimum absolute atomic E-state index is 0.422. The van der Waals surface area contributed by atoms with E-state index < -0.39 is 0 Å². The van der Waals surface area contributed by atoms with Crippen LogP contribution in [-0.2, 0) is 0 Å². The molecule has 1 aliphatic rings. The van der Waals surface area contributed by atoms with Gasteiger partial charge in [-0.15, -0.1) is 0 Å². The first-order chi connectivity index (χ1) is 10.2. The molecule has 2 aromatic rings. The van der Waals surface area contributed by atoms with Gasteiger partial charge in [-0.25, -0.2) is 0 Å². The predicted octanol–water partition coefficient (Wildman–Crippen LogP) is 4.01. The molecule has 0 amide bonds. The van der Waals surface area contributed by atoms with Crippen LogP contribution in [0.15, 0.2) is 59.6 Å². The SMILES string of the molecule is CN(C)c1cccc(NC2=NCC(c3ccccc3)S2)c1. The highest BCUT2D eigenvalue weighted by molar-refractivity contribution is 8.14. The molecule has 1 N–H and O–H groups in total. The van der Waals surface area contributed by atoms with Crippen LogP contribution in [0.1, 0.15) is 10.8 Å². The second-order valence-electron chi connectivity index (χ2n) is 5.23. The summed E-state index contributed by atoms with van der Waals surface area (Å²) in [6.45, 7) is 0.838. The summed E-state index contributed by atoms with van der Waals surface area (Å²) in [5, 5.41) is 4.84. The summed E-state index contributed by atoms with van der Waals surface area (Å²) in [7, 11) is 4.10. The Bertz CT molecular complexity index is 637. The van der Waals surface area contributed by atoms with Crippen LogP contribution >= 0.6 is 11.8 Å². The Balaban J connectivity index is 1.66. The van der Waals surface area contributed by atoms with Crippen LogP contribution in [0.2, 0.25) is 0 Å². The fourth-order valence-corrected chi connectivity index (χ4v) is 3.31. The normalized spacial score (nSPS) is 17.4. The Morgan fingerprint density at radius 2 is 1.90 bits per heavy atom. The Kier molecular flexibility index (Phi) is 4.15. The molecule has 0 aromatic heterocycles. The molecule has 0 saturated heterocycles. The molecule has 21 heavy (non-hydrogen) atoms. The van der Waals surface area contributed by atoms with Gasteiger partial charge in [-0.2, -0.15) is 0 Å². The lowest BCUT2D eigenvalue weighted by Crippen LogP contribution is -2.10. The molecule has 1 aliphatic heterocycles. The molecule has 0 saturated carbocycles. The summed E-state index contributed by atoms with van der Waals surface area (Å²) < 4.78 is 0. The van der Waals surface area contributed by atoms with Crippen molar-refractivity contribution in [3.63, 3.8) is 0 Å². The molecule has 0 spiro atoms. The molecule has 0 fully saturated rings. The van der Waals surface area contributed by atoms with Crippen LogP contribution in [0.25, 0.3) is 0 Å². The molecule has 1 atom stereocenters. The molecule has 3 nitrogen and oxygen atoms in total. The number of benzene rings is 2. The molecule has 108 valence electrons. The van der Waals surface area contributed by atoms with E-state index in [1.54, 1.807) is 11.8 Å². The molecular weight excluding hydrogens is 278 g/mol. The Morgan fingerprint density at radius 1 is 1.10 bits per heavy atom. The van der Waals surface area contributed by atoms with Crippen molar-refractivity contribution in [2.45, 2.75) is 5.25 Å². The minimum Gasteiger partial charge on any atom is -0.378 e. The first-order valence-corrected chi connectivity index (χ1v) is 7.91. The maximum atomic E-state index is 4.62. The molecule has 0 radical (unpaired) electrons. The zero-order chi connectivity index (χ0) is 14.7. The van der Waals surface area contributed by atoms with Crippen molar-refractivity contribution in [2.75, 3.05) is 30.9 Å². The predicted molar refractivity (Wildman–Crippen MR) is 93.5 cm³/mol. The highest BCUT2D eigenvalue weighted by atomic mass is 32.2. The van der Waals surface area contributed by atoms with Gasteiger partial charge in [0, 0.05) is 25.5 Å². The van der Waals surface area contributed by atoms with E-state index in [9.17, 15) is 0 Å². The highest BCUT2D eigenvalue weighted by Crippen LogP contribution is 2.35. The fourth-order valence-electron chi connectivity index (χ4n) is 2.27. The monoisotopic (exact) mass is 297 g/mol. The van der Waals surface area contributed by atoms with Crippen LogP contribution in [0.3, 0.4) is 0 Å². The van der Waals surface area contributed by atoms with Crippen LogP contribution in [0.4, 0.5) is 11.4 Å². The average Bonchev–Trinajstić information content (AvgIpc) is 2.97. The summed E-state index contributed by atoms with van der Waals surface area (Å²) in [4.78, 5) is 6.72. The van der Waals surface area contributed by atoms with Gasteiger partial charge in [0.2, 0.25) is 0 Å². The molecule has 3 rings (SSSR count). The summed E-state index contributed by atoms with van der Waals surface area (Å²) in [6, 6.07) is 18.9. The highest BCUT2D eigenvalue weighted by Gasteiger charge is 2.21. The van der Waals surface area contributed by atoms with E-state index in [-0.39, 0.29) is 0 Å². The smallest absolute Gasteiger partial charge is 0.161 e. The number of thioether (sulfide) groups is 1. The van der Waals surface area contributed by atoms with Gasteiger partial charge in [0.1, 0.15) is 0 Å². The first kappa shape index (κ1) is 14.0. The van der Waals surface area contributed by atoms with Crippen molar-refractivity contribution in [1.82, 2.24) is 0 Å². The number of amidine groups is 1. The zero-order valence-corrected chi connectivity index (χ0v) is 13.1. The summed E-state index contributed by atoms with van der Waals surface area (Å²) in [5.74, 6) is 0. The van der Waals surface area contributed by atoms with Gasteiger partial charge in [-0.05, 0) is 23.8 Å². The van der Waals surface area contributed by atoms with Crippen molar-refractivity contribution >= 4 is 28.3 Å². The van der Waals surface area contributed by atoms with Crippen molar-refractivity contribution in [3.8, 4) is 0 Å². The number of hydrogen-bond acceptors (Lipinski definition) is 4. The van der Waals surface area contributed by atoms with Crippen molar-refractivity contribution in [3.05, 3.63) is 60.2 Å². The number of rotatable bonds is 3. The minimum atomic E-state index is 0.422. The van der Waals surface area contributed by atoms with Crippen molar-refractivity contribution in [1.29, 1.82) is 0 Å². The molecular formula is C17H19N3S. The maximum Gasteiger partial charge on any atom is 0.161 e. The number of hydrogen-bond donors (Lipinski definition) is 1. The maximum absolute atomic E-state index is 4.62. The number of aliphatic imine (C=N–C) groups is 1. The largest absolute Gasteiger partial charge is 0.378 e. The first-order valence-electron chi connectivity index (χ1n) is 7.03. The summed E-state index contributed by atoms with van der Waals surface area (Å²) in [5.41, 5.74) is 3.61. The van der Waals surface area contributed by atoms with Crippen LogP contribution < -0.4 is 10.2 Å². The van der Waals surface area contributed by atoms with Gasteiger partial charge in [-0.3, -0.25) is 4.99 Å². The summed E-state index contributed by atoms with van der Waals surface area (Å²) >= 11 is 1.80. The fraction of sp³-hybridized carbons (Fsp3) is 0.235. The van der Waals surface area contributed by atoms with E-state index in [0.29, 0.717) is 5.25 Å². The lowest BCUT2D eigenvalue weighted by molar-refractivity contribution is 0.966. The Morgan fingerprint density at radius 3 is 2.67 bits per heavy atom. The van der Waals surface area contributed by atoms with E-state index in [0.717, 1.165) is 17.4 Å². The Labute approximate surface area is 130 Å². The van der Waals surface area contributed by atoms with E-state index in [4.69, 9.17) is 0 Å². The van der Waals surface area contributed by atoms with Crippen LogP contribution in [-0.4, -0.2) is 25.8 Å². The quantitative estimate of drug-likeness (QED) is 0.927. The molecule has 1 unspecified atom stereocenters. The van der Waals surface area contributed by atoms with E-state index >= 15 is 0 Å². The molecule has 0 bridgehead atoms. The van der Waals surface area contributed by atoms with Gasteiger partial charge in [0.05, 0.1) is 11.8 Å². The van der Waals surface area contributed by atoms with Gasteiger partial charge >= 0.3 is 0 Å². The molecule has 2 aromatic carbocycles. The van der Waals surface area contributed by atoms with Crippen LogP contribution in [0.5, 0.6) is 0 Å². The van der Waals surface area contributed by atoms with E-state index in [2.05, 4.69) is 69.8 Å². The lowest BCUT2D eigenvalue weighted by atomic mass is 10.1. The van der Waals surface area contributed by atoms with Gasteiger partial charge in [0.15, 0.2) is 5.17 Å². The standard InChI is InChI=1S/C17H19N3S/c1-20(2)15-10-6-9-14(11-15)19-17-18-12-16(21-17)13-7-4-3-5-8-13/h3-11,16H,12H2,1-2H3,(H,18,19). The number of anilines is 2.